The maximum atomic E-state index is 13.9. The van der Waals surface area contributed by atoms with E-state index in [0.29, 0.717) is 22.3 Å². The zero-order valence-electron chi connectivity index (χ0n) is 20.8. The van der Waals surface area contributed by atoms with E-state index in [1.54, 1.807) is 38.2 Å². The van der Waals surface area contributed by atoms with Gasteiger partial charge in [-0.05, 0) is 30.5 Å². The number of hydrogen-bond acceptors (Lipinski definition) is 7. The Labute approximate surface area is 224 Å². The van der Waals surface area contributed by atoms with Crippen LogP contribution in [0.25, 0.3) is 0 Å². The first-order valence-corrected chi connectivity index (χ1v) is 12.9. The Balaban J connectivity index is 1.97. The molecule has 1 aromatic carbocycles. The van der Waals surface area contributed by atoms with Crippen molar-refractivity contribution in [2.24, 2.45) is 5.73 Å². The molecule has 1 aliphatic rings. The Morgan fingerprint density at radius 3 is 2.53 bits per heavy atom. The molecule has 1 fully saturated rings. The molecule has 0 radical (unpaired) electrons. The van der Waals surface area contributed by atoms with Crippen molar-refractivity contribution in [1.82, 2.24) is 9.80 Å². The summed E-state index contributed by atoms with van der Waals surface area (Å²) in [4.78, 5) is 42.6. The first-order chi connectivity index (χ1) is 16.6. The molecule has 1 saturated heterocycles. The number of likely N-dealkylation sites (N-methyl/N-ethyl adjacent to an activating group) is 1. The van der Waals surface area contributed by atoms with Gasteiger partial charge in [-0.15, -0.1) is 11.3 Å². The number of piperazine rings is 1. The minimum absolute atomic E-state index is 0.226. The number of aliphatic hydroxyl groups is 1. The molecule has 2 unspecified atom stereocenters. The predicted molar refractivity (Wildman–Crippen MR) is 144 cm³/mol. The monoisotopic (exact) mass is 555 g/mol. The highest BCUT2D eigenvalue weighted by molar-refractivity contribution is 7.16. The molecule has 3 amide bonds. The minimum Gasteiger partial charge on any atom is -0.370 e. The number of primary amides is 1. The van der Waals surface area contributed by atoms with Gasteiger partial charge in [-0.3, -0.25) is 14.4 Å². The fourth-order valence-electron chi connectivity index (χ4n) is 4.06. The fourth-order valence-corrected chi connectivity index (χ4v) is 5.54. The van der Waals surface area contributed by atoms with E-state index >= 15 is 0 Å². The number of amides is 3. The van der Waals surface area contributed by atoms with E-state index in [1.807, 2.05) is 20.8 Å². The number of hydrogen-bond donors (Lipinski definition) is 4. The van der Waals surface area contributed by atoms with E-state index in [1.165, 1.54) is 21.1 Å². The molecule has 2 heterocycles. The molecule has 5 N–H and O–H groups in total. The van der Waals surface area contributed by atoms with Gasteiger partial charge < -0.3 is 31.3 Å². The highest BCUT2D eigenvalue weighted by atomic mass is 35.5. The van der Waals surface area contributed by atoms with E-state index < -0.39 is 23.7 Å². The van der Waals surface area contributed by atoms with Crippen LogP contribution in [-0.4, -0.2) is 64.7 Å². The Hall–Kier alpha value is -2.53. The Morgan fingerprint density at radius 1 is 1.25 bits per heavy atom. The molecule has 2 aromatic rings. The van der Waals surface area contributed by atoms with Crippen LogP contribution in [0.3, 0.4) is 0 Å². The van der Waals surface area contributed by atoms with Gasteiger partial charge in [-0.25, -0.2) is 0 Å². The van der Waals surface area contributed by atoms with Crippen LogP contribution in [0.1, 0.15) is 49.4 Å². The first-order valence-electron chi connectivity index (χ1n) is 11.3. The van der Waals surface area contributed by atoms with Gasteiger partial charge in [-0.1, -0.05) is 50.0 Å². The molecule has 3 rings (SSSR count). The van der Waals surface area contributed by atoms with Crippen LogP contribution in [0.15, 0.2) is 24.3 Å². The van der Waals surface area contributed by atoms with Crippen molar-refractivity contribution in [2.45, 2.75) is 51.4 Å². The smallest absolute Gasteiger partial charge is 0.257 e. The summed E-state index contributed by atoms with van der Waals surface area (Å²) in [7, 11) is 1.63. The number of thiophene rings is 1. The topological polar surface area (TPSA) is 128 Å². The molecule has 1 aromatic heterocycles. The second kappa shape index (κ2) is 10.5. The van der Waals surface area contributed by atoms with Gasteiger partial charge in [0.25, 0.3) is 5.91 Å². The Morgan fingerprint density at radius 2 is 1.92 bits per heavy atom. The molecule has 9 nitrogen and oxygen atoms in total. The lowest BCUT2D eigenvalue weighted by molar-refractivity contribution is -0.148. The van der Waals surface area contributed by atoms with Gasteiger partial charge in [0.1, 0.15) is 10.5 Å². The average Bonchev–Trinajstić information content (AvgIpc) is 3.19. The van der Waals surface area contributed by atoms with Crippen LogP contribution >= 0.6 is 34.5 Å². The number of benzene rings is 1. The first kappa shape index (κ1) is 28.0. The van der Waals surface area contributed by atoms with Gasteiger partial charge in [-0.2, -0.15) is 0 Å². The Kier molecular flexibility index (Phi) is 8.14. The zero-order valence-corrected chi connectivity index (χ0v) is 23.1. The van der Waals surface area contributed by atoms with Crippen LogP contribution in [0, 0.1) is 0 Å². The van der Waals surface area contributed by atoms with Gasteiger partial charge in [0.2, 0.25) is 18.2 Å². The van der Waals surface area contributed by atoms with Crippen molar-refractivity contribution >= 4 is 62.9 Å². The number of halogens is 2. The molecule has 2 atom stereocenters. The summed E-state index contributed by atoms with van der Waals surface area (Å²) >= 11 is 13.6. The number of carbonyl (C=O) groups excluding carboxylic acids is 3. The van der Waals surface area contributed by atoms with Gasteiger partial charge >= 0.3 is 0 Å². The summed E-state index contributed by atoms with van der Waals surface area (Å²) in [6.45, 7) is 8.12. The van der Waals surface area contributed by atoms with Crippen molar-refractivity contribution < 1.29 is 19.5 Å². The highest BCUT2D eigenvalue weighted by Crippen LogP contribution is 2.39. The highest BCUT2D eigenvalue weighted by Gasteiger charge is 2.48. The molecule has 1 aliphatic heterocycles. The predicted octanol–water partition coefficient (Wildman–Crippen LogP) is 3.70. The van der Waals surface area contributed by atoms with Crippen LogP contribution < -0.4 is 16.4 Å². The number of anilines is 2. The van der Waals surface area contributed by atoms with Crippen molar-refractivity contribution in [3.63, 3.8) is 0 Å². The van der Waals surface area contributed by atoms with Crippen LogP contribution in [0.4, 0.5) is 10.7 Å². The molecular formula is C24H31Cl2N5O4S. The van der Waals surface area contributed by atoms with E-state index in [9.17, 15) is 19.5 Å². The average molecular weight is 557 g/mol. The summed E-state index contributed by atoms with van der Waals surface area (Å²) in [6, 6.07) is 6.72. The number of nitrogens with two attached hydrogens (primary N) is 1. The lowest BCUT2D eigenvalue weighted by atomic mass is 9.89. The number of nitrogens with zero attached hydrogens (tertiary/aromatic N) is 2. The van der Waals surface area contributed by atoms with Gasteiger partial charge in [0, 0.05) is 25.0 Å². The third-order valence-corrected chi connectivity index (χ3v) is 8.35. The zero-order chi connectivity index (χ0) is 27.0. The molecule has 196 valence electrons. The van der Waals surface area contributed by atoms with E-state index in [4.69, 9.17) is 28.9 Å². The maximum absolute atomic E-state index is 13.9. The minimum atomic E-state index is -1.43. The molecule has 12 heteroatoms. The van der Waals surface area contributed by atoms with E-state index in [2.05, 4.69) is 10.6 Å². The third kappa shape index (κ3) is 5.72. The molecule has 0 spiro atoms. The fraction of sp³-hybridized carbons (Fsp3) is 0.458. The summed E-state index contributed by atoms with van der Waals surface area (Å²) in [5.74, 6) is -1.49. The molecule has 0 aliphatic carbocycles. The second-order valence-corrected chi connectivity index (χ2v) is 11.8. The number of nitrogens with one attached hydrogen (secondary N) is 2. The van der Waals surface area contributed by atoms with E-state index in [-0.39, 0.29) is 34.9 Å². The van der Waals surface area contributed by atoms with Crippen molar-refractivity contribution in [3.05, 3.63) is 44.8 Å². The maximum Gasteiger partial charge on any atom is 0.257 e. The SMILES string of the molecule is CN1CCN(C(=O)c2cc(C(C)(C)C)sc2NC(O)Nc2cccc(Cl)c2Cl)C(C)(CC(N)=O)C1=O. The summed E-state index contributed by atoms with van der Waals surface area (Å²) in [5.41, 5.74) is 4.41. The number of carbonyl (C=O) groups is 3. The van der Waals surface area contributed by atoms with Gasteiger partial charge in [0.05, 0.1) is 27.7 Å². The van der Waals surface area contributed by atoms with Gasteiger partial charge in [0.15, 0.2) is 0 Å². The van der Waals surface area contributed by atoms with Crippen LogP contribution in [-0.2, 0) is 15.0 Å². The third-order valence-electron chi connectivity index (χ3n) is 6.04. The van der Waals surface area contributed by atoms with Crippen molar-refractivity contribution in [2.75, 3.05) is 30.8 Å². The van der Waals surface area contributed by atoms with E-state index in [0.717, 1.165) is 4.88 Å². The van der Waals surface area contributed by atoms with Crippen molar-refractivity contribution in [1.29, 1.82) is 0 Å². The molecule has 0 saturated carbocycles. The summed E-state index contributed by atoms with van der Waals surface area (Å²) in [6.07, 6.45) is -1.62. The normalized spacial score (nSPS) is 19.3. The van der Waals surface area contributed by atoms with Crippen molar-refractivity contribution in [3.8, 4) is 0 Å². The Bertz CT molecular complexity index is 1180. The standard InChI is InChI=1S/C24H31Cl2N5O4S/c1-23(2,3)16-11-13(19(36-16)29-22(35)28-15-8-6-7-14(25)18(15)26)20(33)31-10-9-30(5)21(34)24(31,4)12-17(27)32/h6-8,11,22,28-29,35H,9-10,12H2,1-5H3,(H2,27,32). The molecule has 36 heavy (non-hydrogen) atoms. The lowest BCUT2D eigenvalue weighted by Crippen LogP contribution is -2.66. The largest absolute Gasteiger partial charge is 0.370 e. The number of aliphatic hydroxyl groups excluding tert-OH is 1. The molecule has 0 bridgehead atoms. The lowest BCUT2D eigenvalue weighted by Gasteiger charge is -2.46. The van der Waals surface area contributed by atoms with Crippen LogP contribution in [0.5, 0.6) is 0 Å². The quantitative estimate of drug-likeness (QED) is 0.385. The number of rotatable bonds is 7. The summed E-state index contributed by atoms with van der Waals surface area (Å²) < 4.78 is 0. The second-order valence-electron chi connectivity index (χ2n) is 10.00. The summed E-state index contributed by atoms with van der Waals surface area (Å²) in [5, 5.41) is 17.5. The molecular weight excluding hydrogens is 525 g/mol. The van der Waals surface area contributed by atoms with Crippen LogP contribution in [0.2, 0.25) is 10.0 Å².